The fourth-order valence-electron chi connectivity index (χ4n) is 1.69. The summed E-state index contributed by atoms with van der Waals surface area (Å²) in [6, 6.07) is 1.17. The average Bonchev–Trinajstić information content (AvgIpc) is 2.44. The first-order valence-electron chi connectivity index (χ1n) is 6.24. The van der Waals surface area contributed by atoms with Gasteiger partial charge < -0.3 is 15.7 Å². The van der Waals surface area contributed by atoms with E-state index in [0.717, 1.165) is 19.0 Å². The maximum Gasteiger partial charge on any atom is 0.288 e. The van der Waals surface area contributed by atoms with Gasteiger partial charge in [-0.3, -0.25) is 10.1 Å². The van der Waals surface area contributed by atoms with Crippen LogP contribution in [0.15, 0.2) is 17.4 Å². The lowest BCUT2D eigenvalue weighted by atomic mass is 10.1. The van der Waals surface area contributed by atoms with Crippen LogP contribution in [0.25, 0.3) is 0 Å². The van der Waals surface area contributed by atoms with Crippen molar-refractivity contribution < 1.29 is 14.9 Å². The minimum atomic E-state index is -0.607. The molecule has 0 fully saturated rings. The normalized spacial score (nSPS) is 13.0. The predicted molar refractivity (Wildman–Crippen MR) is 73.0 cm³/mol. The van der Waals surface area contributed by atoms with Gasteiger partial charge in [-0.2, -0.15) is 0 Å². The maximum absolute atomic E-state index is 10.7. The van der Waals surface area contributed by atoms with Crippen molar-refractivity contribution in [2.45, 2.75) is 26.7 Å². The van der Waals surface area contributed by atoms with Gasteiger partial charge in [0.25, 0.3) is 5.69 Å². The van der Waals surface area contributed by atoms with E-state index in [-0.39, 0.29) is 23.0 Å². The van der Waals surface area contributed by atoms with Gasteiger partial charge in [-0.25, -0.2) is 4.98 Å². The Morgan fingerprint density at radius 3 is 2.95 bits per heavy atom. The molecular weight excluding hydrogens is 264 g/mol. The number of rotatable bonds is 7. The molecule has 1 aromatic heterocycles. The van der Waals surface area contributed by atoms with Crippen LogP contribution in [0.2, 0.25) is 0 Å². The molecule has 1 heterocycles. The summed E-state index contributed by atoms with van der Waals surface area (Å²) in [4.78, 5) is 14.0. The lowest BCUT2D eigenvalue weighted by Gasteiger charge is -2.13. The van der Waals surface area contributed by atoms with E-state index < -0.39 is 4.92 Å². The Morgan fingerprint density at radius 1 is 1.70 bits per heavy atom. The zero-order chi connectivity index (χ0) is 15.1. The molecular formula is C12H18N4O4. The Labute approximate surface area is 116 Å². The van der Waals surface area contributed by atoms with Gasteiger partial charge in [0.15, 0.2) is 5.84 Å². The number of hydrogen-bond donors (Lipinski definition) is 2. The van der Waals surface area contributed by atoms with Crippen LogP contribution in [-0.4, -0.2) is 27.6 Å². The van der Waals surface area contributed by atoms with Crippen molar-refractivity contribution in [3.05, 3.63) is 27.9 Å². The van der Waals surface area contributed by atoms with E-state index >= 15 is 0 Å². The number of hydrogen-bond acceptors (Lipinski definition) is 6. The molecule has 0 aliphatic heterocycles. The SMILES string of the molecule is CCCC(C)COc1ncc([N+](=O)[O-])cc1C(N)=NO. The first-order valence-corrected chi connectivity index (χ1v) is 6.24. The Bertz CT molecular complexity index is 504. The highest BCUT2D eigenvalue weighted by Crippen LogP contribution is 2.21. The molecule has 0 bridgehead atoms. The lowest BCUT2D eigenvalue weighted by Crippen LogP contribution is -2.18. The van der Waals surface area contributed by atoms with Crippen LogP contribution in [0, 0.1) is 16.0 Å². The molecule has 1 unspecified atom stereocenters. The number of nitrogens with two attached hydrogens (primary N) is 1. The summed E-state index contributed by atoms with van der Waals surface area (Å²) >= 11 is 0. The summed E-state index contributed by atoms with van der Waals surface area (Å²) < 4.78 is 5.50. The van der Waals surface area contributed by atoms with Crippen molar-refractivity contribution in [1.29, 1.82) is 0 Å². The zero-order valence-corrected chi connectivity index (χ0v) is 11.4. The summed E-state index contributed by atoms with van der Waals surface area (Å²) in [6.45, 7) is 4.50. The second-order valence-corrected chi connectivity index (χ2v) is 4.49. The summed E-state index contributed by atoms with van der Waals surface area (Å²) in [7, 11) is 0. The molecule has 20 heavy (non-hydrogen) atoms. The highest BCUT2D eigenvalue weighted by Gasteiger charge is 2.17. The van der Waals surface area contributed by atoms with Gasteiger partial charge in [0, 0.05) is 6.07 Å². The Kier molecular flexibility index (Phi) is 5.70. The second-order valence-electron chi connectivity index (χ2n) is 4.49. The standard InChI is InChI=1S/C12H18N4O4/c1-3-4-8(2)7-20-12-10(11(13)15-17)5-9(6-14-12)16(18)19/h5-6,8,17H,3-4,7H2,1-2H3,(H2,13,15). The molecule has 1 rings (SSSR count). The van der Waals surface area contributed by atoms with Crippen molar-refractivity contribution in [2.75, 3.05) is 6.61 Å². The minimum absolute atomic E-state index is 0.102. The van der Waals surface area contributed by atoms with Crippen LogP contribution in [-0.2, 0) is 0 Å². The number of pyridine rings is 1. The smallest absolute Gasteiger partial charge is 0.288 e. The summed E-state index contributed by atoms with van der Waals surface area (Å²) in [5, 5.41) is 22.3. The summed E-state index contributed by atoms with van der Waals surface area (Å²) in [5.41, 5.74) is 5.34. The highest BCUT2D eigenvalue weighted by molar-refractivity contribution is 5.99. The largest absolute Gasteiger partial charge is 0.477 e. The number of nitrogens with zero attached hydrogens (tertiary/aromatic N) is 3. The fraction of sp³-hybridized carbons (Fsp3) is 0.500. The van der Waals surface area contributed by atoms with E-state index in [1.165, 1.54) is 6.07 Å². The van der Waals surface area contributed by atoms with Gasteiger partial charge in [-0.15, -0.1) is 0 Å². The number of nitro groups is 1. The third-order valence-corrected chi connectivity index (χ3v) is 2.72. The first kappa shape index (κ1) is 15.7. The molecule has 0 saturated heterocycles. The number of amidine groups is 1. The highest BCUT2D eigenvalue weighted by atomic mass is 16.6. The van der Waals surface area contributed by atoms with Crippen LogP contribution in [0.3, 0.4) is 0 Å². The van der Waals surface area contributed by atoms with Crippen molar-refractivity contribution in [3.63, 3.8) is 0 Å². The Balaban J connectivity index is 2.97. The van der Waals surface area contributed by atoms with E-state index in [1.807, 2.05) is 6.92 Å². The predicted octanol–water partition coefficient (Wildman–Crippen LogP) is 1.90. The second kappa shape index (κ2) is 7.27. The van der Waals surface area contributed by atoms with Crippen LogP contribution in [0.4, 0.5) is 5.69 Å². The summed E-state index contributed by atoms with van der Waals surface area (Å²) in [6.07, 6.45) is 3.10. The molecule has 0 amide bonds. The fourth-order valence-corrected chi connectivity index (χ4v) is 1.69. The molecule has 1 aromatic rings. The van der Waals surface area contributed by atoms with Gasteiger partial charge in [-0.1, -0.05) is 25.4 Å². The average molecular weight is 282 g/mol. The van der Waals surface area contributed by atoms with Crippen LogP contribution < -0.4 is 10.5 Å². The van der Waals surface area contributed by atoms with E-state index in [1.54, 1.807) is 0 Å². The van der Waals surface area contributed by atoms with Crippen LogP contribution in [0.1, 0.15) is 32.3 Å². The topological polar surface area (TPSA) is 124 Å². The van der Waals surface area contributed by atoms with Crippen molar-refractivity contribution in [3.8, 4) is 5.88 Å². The summed E-state index contributed by atoms with van der Waals surface area (Å²) in [5.74, 6) is 0.158. The van der Waals surface area contributed by atoms with Gasteiger partial charge in [0.05, 0.1) is 17.1 Å². The van der Waals surface area contributed by atoms with Crippen molar-refractivity contribution in [2.24, 2.45) is 16.8 Å². The van der Waals surface area contributed by atoms with Crippen LogP contribution >= 0.6 is 0 Å². The Hall–Kier alpha value is -2.38. The quantitative estimate of drug-likeness (QED) is 0.259. The van der Waals surface area contributed by atoms with E-state index in [0.29, 0.717) is 12.5 Å². The molecule has 0 aliphatic carbocycles. The van der Waals surface area contributed by atoms with Gasteiger partial charge in [-0.05, 0) is 12.3 Å². The molecule has 110 valence electrons. The van der Waals surface area contributed by atoms with Gasteiger partial charge in [0.1, 0.15) is 6.20 Å². The molecule has 0 aliphatic rings. The molecule has 3 N–H and O–H groups in total. The number of aromatic nitrogens is 1. The van der Waals surface area contributed by atoms with Gasteiger partial charge in [0.2, 0.25) is 5.88 Å². The molecule has 8 heteroatoms. The van der Waals surface area contributed by atoms with Crippen molar-refractivity contribution in [1.82, 2.24) is 4.98 Å². The zero-order valence-electron chi connectivity index (χ0n) is 11.4. The third kappa shape index (κ3) is 4.08. The minimum Gasteiger partial charge on any atom is -0.477 e. The number of ether oxygens (including phenoxy) is 1. The van der Waals surface area contributed by atoms with Gasteiger partial charge >= 0.3 is 0 Å². The lowest BCUT2D eigenvalue weighted by molar-refractivity contribution is -0.385. The van der Waals surface area contributed by atoms with Crippen molar-refractivity contribution >= 4 is 11.5 Å². The molecule has 0 aromatic carbocycles. The molecule has 0 spiro atoms. The molecule has 0 saturated carbocycles. The molecule has 0 radical (unpaired) electrons. The molecule has 8 nitrogen and oxygen atoms in total. The van der Waals surface area contributed by atoms with E-state index in [9.17, 15) is 10.1 Å². The van der Waals surface area contributed by atoms with E-state index in [4.69, 9.17) is 15.7 Å². The molecule has 1 atom stereocenters. The number of oxime groups is 1. The first-order chi connectivity index (χ1) is 9.49. The van der Waals surface area contributed by atoms with E-state index in [2.05, 4.69) is 17.1 Å². The van der Waals surface area contributed by atoms with Crippen LogP contribution in [0.5, 0.6) is 5.88 Å². The maximum atomic E-state index is 10.7. The third-order valence-electron chi connectivity index (χ3n) is 2.72. The monoisotopic (exact) mass is 282 g/mol. The Morgan fingerprint density at radius 2 is 2.40 bits per heavy atom.